The van der Waals surface area contributed by atoms with Crippen molar-refractivity contribution in [1.29, 1.82) is 0 Å². The molecule has 0 atom stereocenters. The van der Waals surface area contributed by atoms with Crippen molar-refractivity contribution in [3.8, 4) is 11.3 Å². The third-order valence-electron chi connectivity index (χ3n) is 4.05. The lowest BCUT2D eigenvalue weighted by molar-refractivity contribution is -0.119. The maximum atomic E-state index is 12.6. The Morgan fingerprint density at radius 2 is 1.76 bits per heavy atom. The van der Waals surface area contributed by atoms with Crippen molar-refractivity contribution >= 4 is 38.1 Å². The summed E-state index contributed by atoms with van der Waals surface area (Å²) < 4.78 is 23.8. The lowest BCUT2D eigenvalue weighted by atomic mass is 10.1. The summed E-state index contributed by atoms with van der Waals surface area (Å²) in [5, 5.41) is 7.57. The second-order valence-electron chi connectivity index (χ2n) is 6.37. The molecule has 3 aromatic rings. The van der Waals surface area contributed by atoms with E-state index in [0.29, 0.717) is 17.4 Å². The van der Waals surface area contributed by atoms with Gasteiger partial charge in [-0.1, -0.05) is 36.4 Å². The van der Waals surface area contributed by atoms with Crippen LogP contribution in [0.1, 0.15) is 22.8 Å². The Hall–Kier alpha value is -3.04. The van der Waals surface area contributed by atoms with Gasteiger partial charge in [-0.3, -0.25) is 14.9 Å². The first kappa shape index (κ1) is 20.7. The Bertz CT molecular complexity index is 1150. The Morgan fingerprint density at radius 3 is 2.41 bits per heavy atom. The maximum absolute atomic E-state index is 12.6. The standard InChI is InChI=1S/C20H19N3O4S2/c1-13(24)21-11-14-7-9-15(10-8-14)17-12-28-20(22-17)23-19(25)16-5-3-4-6-18(16)29(2,26)27/h3-10,12H,11H2,1-2H3,(H,21,24)(H,22,23,25). The molecule has 9 heteroatoms. The molecule has 7 nitrogen and oxygen atoms in total. The van der Waals surface area contributed by atoms with Crippen LogP contribution in [0.2, 0.25) is 0 Å². The molecule has 1 aromatic heterocycles. The predicted octanol–water partition coefficient (Wildman–Crippen LogP) is 3.10. The number of rotatable bonds is 6. The Labute approximate surface area is 172 Å². The summed E-state index contributed by atoms with van der Waals surface area (Å²) in [4.78, 5) is 27.9. The molecule has 0 spiro atoms. The van der Waals surface area contributed by atoms with Crippen LogP contribution in [0.25, 0.3) is 11.3 Å². The highest BCUT2D eigenvalue weighted by molar-refractivity contribution is 7.90. The molecule has 0 radical (unpaired) electrons. The summed E-state index contributed by atoms with van der Waals surface area (Å²) in [7, 11) is -3.53. The maximum Gasteiger partial charge on any atom is 0.258 e. The van der Waals surface area contributed by atoms with E-state index in [1.165, 1.54) is 30.4 Å². The van der Waals surface area contributed by atoms with Gasteiger partial charge in [0.15, 0.2) is 15.0 Å². The molecule has 2 N–H and O–H groups in total. The molecule has 2 aromatic carbocycles. The molecule has 0 aliphatic rings. The molecular formula is C20H19N3O4S2. The number of sulfone groups is 1. The molecule has 0 aliphatic carbocycles. The van der Waals surface area contributed by atoms with E-state index in [9.17, 15) is 18.0 Å². The average molecular weight is 430 g/mol. The Balaban J connectivity index is 1.74. The Kier molecular flexibility index (Phi) is 6.09. The van der Waals surface area contributed by atoms with Crippen LogP contribution in [0.3, 0.4) is 0 Å². The van der Waals surface area contributed by atoms with Crippen molar-refractivity contribution in [2.45, 2.75) is 18.4 Å². The number of anilines is 1. The third kappa shape index (κ3) is 5.27. The second-order valence-corrected chi connectivity index (χ2v) is 9.21. The third-order valence-corrected chi connectivity index (χ3v) is 5.96. The monoisotopic (exact) mass is 429 g/mol. The largest absolute Gasteiger partial charge is 0.352 e. The van der Waals surface area contributed by atoms with Crippen molar-refractivity contribution in [2.75, 3.05) is 11.6 Å². The van der Waals surface area contributed by atoms with Gasteiger partial charge in [0.25, 0.3) is 5.91 Å². The van der Waals surface area contributed by atoms with Crippen LogP contribution in [0, 0.1) is 0 Å². The van der Waals surface area contributed by atoms with E-state index < -0.39 is 15.7 Å². The number of hydrogen-bond donors (Lipinski definition) is 2. The second kappa shape index (κ2) is 8.54. The van der Waals surface area contributed by atoms with Crippen LogP contribution in [0.4, 0.5) is 5.13 Å². The number of carbonyl (C=O) groups excluding carboxylic acids is 2. The van der Waals surface area contributed by atoms with E-state index in [-0.39, 0.29) is 16.4 Å². The van der Waals surface area contributed by atoms with Crippen LogP contribution in [-0.2, 0) is 21.2 Å². The highest BCUT2D eigenvalue weighted by atomic mass is 32.2. The summed E-state index contributed by atoms with van der Waals surface area (Å²) in [5.74, 6) is -0.621. The number of amides is 2. The number of hydrogen-bond acceptors (Lipinski definition) is 6. The van der Waals surface area contributed by atoms with Gasteiger partial charge in [0, 0.05) is 30.7 Å². The van der Waals surface area contributed by atoms with Crippen LogP contribution in [-0.4, -0.2) is 31.5 Å². The highest BCUT2D eigenvalue weighted by Gasteiger charge is 2.19. The van der Waals surface area contributed by atoms with Gasteiger partial charge < -0.3 is 5.32 Å². The summed E-state index contributed by atoms with van der Waals surface area (Å²) in [6, 6.07) is 13.6. The highest BCUT2D eigenvalue weighted by Crippen LogP contribution is 2.26. The molecule has 2 amide bonds. The minimum atomic E-state index is -3.53. The van der Waals surface area contributed by atoms with Crippen molar-refractivity contribution in [3.63, 3.8) is 0 Å². The first-order valence-corrected chi connectivity index (χ1v) is 11.4. The molecule has 1 heterocycles. The molecule has 0 aliphatic heterocycles. The van der Waals surface area contributed by atoms with Gasteiger partial charge in [0.05, 0.1) is 16.2 Å². The molecule has 0 fully saturated rings. The molecule has 29 heavy (non-hydrogen) atoms. The van der Waals surface area contributed by atoms with Gasteiger partial charge in [-0.25, -0.2) is 13.4 Å². The fourth-order valence-electron chi connectivity index (χ4n) is 2.63. The van der Waals surface area contributed by atoms with Crippen LogP contribution in [0.5, 0.6) is 0 Å². The van der Waals surface area contributed by atoms with Gasteiger partial charge in [-0.15, -0.1) is 11.3 Å². The topological polar surface area (TPSA) is 105 Å². The van der Waals surface area contributed by atoms with Crippen molar-refractivity contribution in [2.24, 2.45) is 0 Å². The number of aromatic nitrogens is 1. The zero-order valence-electron chi connectivity index (χ0n) is 15.8. The van der Waals surface area contributed by atoms with Crippen LogP contribution < -0.4 is 10.6 Å². The van der Waals surface area contributed by atoms with Gasteiger partial charge in [-0.2, -0.15) is 0 Å². The summed E-state index contributed by atoms with van der Waals surface area (Å²) in [5.41, 5.74) is 2.59. The Morgan fingerprint density at radius 1 is 1.07 bits per heavy atom. The number of nitrogens with one attached hydrogen (secondary N) is 2. The molecule has 0 bridgehead atoms. The normalized spacial score (nSPS) is 11.1. The minimum Gasteiger partial charge on any atom is -0.352 e. The molecule has 0 unspecified atom stereocenters. The fourth-order valence-corrected chi connectivity index (χ4v) is 4.23. The molecule has 3 rings (SSSR count). The first-order chi connectivity index (χ1) is 13.7. The number of benzene rings is 2. The van der Waals surface area contributed by atoms with E-state index in [2.05, 4.69) is 15.6 Å². The molecule has 0 saturated carbocycles. The van der Waals surface area contributed by atoms with E-state index in [4.69, 9.17) is 0 Å². The lowest BCUT2D eigenvalue weighted by Gasteiger charge is -2.07. The van der Waals surface area contributed by atoms with Crippen molar-refractivity contribution in [1.82, 2.24) is 10.3 Å². The summed E-state index contributed by atoms with van der Waals surface area (Å²) >= 11 is 1.25. The van der Waals surface area contributed by atoms with Gasteiger partial charge in [-0.05, 0) is 17.7 Å². The quantitative estimate of drug-likeness (QED) is 0.626. The van der Waals surface area contributed by atoms with Gasteiger partial charge in [0.1, 0.15) is 0 Å². The van der Waals surface area contributed by atoms with E-state index in [1.807, 2.05) is 24.3 Å². The molecular weight excluding hydrogens is 410 g/mol. The van der Waals surface area contributed by atoms with Crippen LogP contribution >= 0.6 is 11.3 Å². The lowest BCUT2D eigenvalue weighted by Crippen LogP contribution is -2.18. The number of thiazole rings is 1. The van der Waals surface area contributed by atoms with E-state index in [1.54, 1.807) is 17.5 Å². The zero-order chi connectivity index (χ0) is 21.0. The zero-order valence-corrected chi connectivity index (χ0v) is 17.4. The average Bonchev–Trinajstić information content (AvgIpc) is 3.14. The number of nitrogens with zero attached hydrogens (tertiary/aromatic N) is 1. The molecule has 150 valence electrons. The van der Waals surface area contributed by atoms with Gasteiger partial charge in [0.2, 0.25) is 5.91 Å². The summed E-state index contributed by atoms with van der Waals surface area (Å²) in [6.07, 6.45) is 1.07. The van der Waals surface area contributed by atoms with E-state index >= 15 is 0 Å². The van der Waals surface area contributed by atoms with Crippen LogP contribution in [0.15, 0.2) is 58.8 Å². The van der Waals surface area contributed by atoms with Crippen molar-refractivity contribution < 1.29 is 18.0 Å². The predicted molar refractivity (Wildman–Crippen MR) is 113 cm³/mol. The fraction of sp³-hybridized carbons (Fsp3) is 0.150. The smallest absolute Gasteiger partial charge is 0.258 e. The summed E-state index contributed by atoms with van der Waals surface area (Å²) in [6.45, 7) is 1.92. The minimum absolute atomic E-state index is 0.0240. The van der Waals surface area contributed by atoms with E-state index in [0.717, 1.165) is 17.4 Å². The number of carbonyl (C=O) groups is 2. The van der Waals surface area contributed by atoms with Gasteiger partial charge >= 0.3 is 0 Å². The van der Waals surface area contributed by atoms with Crippen molar-refractivity contribution in [3.05, 3.63) is 65.0 Å². The molecule has 0 saturated heterocycles. The SMILES string of the molecule is CC(=O)NCc1ccc(-c2csc(NC(=O)c3ccccc3S(C)(=O)=O)n2)cc1. The first-order valence-electron chi connectivity index (χ1n) is 8.64.